The highest BCUT2D eigenvalue weighted by Gasteiger charge is 2.40. The fourth-order valence-electron chi connectivity index (χ4n) is 4.97. The summed E-state index contributed by atoms with van der Waals surface area (Å²) in [6.07, 6.45) is 2.59. The maximum Gasteiger partial charge on any atom is 0.0642 e. The van der Waals surface area contributed by atoms with Crippen LogP contribution in [0.1, 0.15) is 41.5 Å². The number of nitrogens with zero attached hydrogens (tertiary/aromatic N) is 2. The van der Waals surface area contributed by atoms with Gasteiger partial charge in [0.15, 0.2) is 0 Å². The number of piperidine rings is 1. The molecule has 2 atom stereocenters. The number of benzene rings is 2. The summed E-state index contributed by atoms with van der Waals surface area (Å²) in [4.78, 5) is 5.26. The molecule has 0 radical (unpaired) electrons. The monoisotopic (exact) mass is 334 g/mol. The van der Waals surface area contributed by atoms with Crippen molar-refractivity contribution in [2.24, 2.45) is 0 Å². The summed E-state index contributed by atoms with van der Waals surface area (Å²) in [6.45, 7) is 6.02. The molecule has 0 unspecified atom stereocenters. The van der Waals surface area contributed by atoms with Crippen LogP contribution >= 0.6 is 0 Å². The van der Waals surface area contributed by atoms with Gasteiger partial charge in [0.25, 0.3) is 0 Å². The Labute approximate surface area is 150 Å². The fraction of sp³-hybridized carbons (Fsp3) is 0.455. The van der Waals surface area contributed by atoms with Gasteiger partial charge in [0, 0.05) is 31.4 Å². The molecule has 5 rings (SSSR count). The average molecular weight is 334 g/mol. The van der Waals surface area contributed by atoms with Gasteiger partial charge in [-0.3, -0.25) is 4.90 Å². The lowest BCUT2D eigenvalue weighted by Crippen LogP contribution is -2.38. The van der Waals surface area contributed by atoms with E-state index in [0.717, 1.165) is 38.8 Å². The lowest BCUT2D eigenvalue weighted by atomic mass is 9.95. The highest BCUT2D eigenvalue weighted by atomic mass is 16.5. The van der Waals surface area contributed by atoms with Crippen LogP contribution in [0.25, 0.3) is 0 Å². The first-order valence-corrected chi connectivity index (χ1v) is 9.63. The van der Waals surface area contributed by atoms with Crippen LogP contribution in [0.4, 0.5) is 5.69 Å². The minimum absolute atomic E-state index is 0.577. The standard InChI is InChI=1S/C22H26N2O/c1-2-5-17(6-3-1)16-24-10-9-18-15-21(24)22-19(18)7-4-8-20(22)23-11-13-25-14-12-23/h1-8,18,21H,9-16H2/t18-,21-/m1/s1. The van der Waals surface area contributed by atoms with Gasteiger partial charge in [-0.25, -0.2) is 0 Å². The van der Waals surface area contributed by atoms with Crippen molar-refractivity contribution in [2.45, 2.75) is 31.3 Å². The van der Waals surface area contributed by atoms with Crippen molar-refractivity contribution in [1.29, 1.82) is 0 Å². The first-order valence-electron chi connectivity index (χ1n) is 9.63. The molecule has 1 aliphatic carbocycles. The highest BCUT2D eigenvalue weighted by Crippen LogP contribution is 2.52. The minimum atomic E-state index is 0.577. The van der Waals surface area contributed by atoms with Crippen LogP contribution in [0.2, 0.25) is 0 Å². The van der Waals surface area contributed by atoms with E-state index in [1.807, 2.05) is 0 Å². The Bertz CT molecular complexity index is 739. The van der Waals surface area contributed by atoms with Crippen molar-refractivity contribution >= 4 is 5.69 Å². The number of anilines is 1. The predicted octanol–water partition coefficient (Wildman–Crippen LogP) is 3.96. The van der Waals surface area contributed by atoms with Gasteiger partial charge in [0.1, 0.15) is 0 Å². The zero-order chi connectivity index (χ0) is 16.6. The van der Waals surface area contributed by atoms with E-state index in [1.54, 1.807) is 11.1 Å². The number of rotatable bonds is 3. The number of likely N-dealkylation sites (tertiary alicyclic amines) is 1. The van der Waals surface area contributed by atoms with Crippen LogP contribution in [-0.4, -0.2) is 37.7 Å². The van der Waals surface area contributed by atoms with Crippen LogP contribution in [0.3, 0.4) is 0 Å². The summed E-state index contributed by atoms with van der Waals surface area (Å²) < 4.78 is 5.58. The number of morpholine rings is 1. The molecule has 0 amide bonds. The molecule has 25 heavy (non-hydrogen) atoms. The Morgan fingerprint density at radius 3 is 2.60 bits per heavy atom. The molecule has 2 fully saturated rings. The van der Waals surface area contributed by atoms with Crippen molar-refractivity contribution in [3.63, 3.8) is 0 Å². The third kappa shape index (κ3) is 2.76. The summed E-state index contributed by atoms with van der Waals surface area (Å²) in [5.74, 6) is 0.757. The number of hydrogen-bond acceptors (Lipinski definition) is 3. The van der Waals surface area contributed by atoms with Crippen molar-refractivity contribution in [1.82, 2.24) is 4.90 Å². The normalized spacial score (nSPS) is 25.8. The molecule has 3 nitrogen and oxygen atoms in total. The van der Waals surface area contributed by atoms with Crippen molar-refractivity contribution in [3.8, 4) is 0 Å². The third-order valence-corrected chi connectivity index (χ3v) is 6.18. The molecule has 0 spiro atoms. The summed E-state index contributed by atoms with van der Waals surface area (Å²) >= 11 is 0. The number of fused-ring (bicyclic) bond motifs is 5. The summed E-state index contributed by atoms with van der Waals surface area (Å²) in [6, 6.07) is 18.5. The fourth-order valence-corrected chi connectivity index (χ4v) is 4.97. The molecule has 2 aromatic carbocycles. The molecule has 0 N–H and O–H groups in total. The van der Waals surface area contributed by atoms with E-state index >= 15 is 0 Å². The van der Waals surface area contributed by atoms with E-state index in [2.05, 4.69) is 58.3 Å². The molecule has 2 heterocycles. The van der Waals surface area contributed by atoms with Gasteiger partial charge in [-0.1, -0.05) is 42.5 Å². The zero-order valence-electron chi connectivity index (χ0n) is 14.7. The predicted molar refractivity (Wildman–Crippen MR) is 101 cm³/mol. The van der Waals surface area contributed by atoms with Crippen LogP contribution < -0.4 is 4.90 Å². The zero-order valence-corrected chi connectivity index (χ0v) is 14.7. The SMILES string of the molecule is c1ccc(CN2CC[C@@H]3C[C@@H]2c2c3cccc2N2CCOCC2)cc1. The topological polar surface area (TPSA) is 15.7 Å². The Balaban J connectivity index is 1.48. The second kappa shape index (κ2) is 6.47. The maximum atomic E-state index is 5.58. The molecule has 3 aliphatic rings. The Morgan fingerprint density at radius 1 is 0.920 bits per heavy atom. The van der Waals surface area contributed by atoms with Crippen LogP contribution in [0.5, 0.6) is 0 Å². The quantitative estimate of drug-likeness (QED) is 0.845. The second-order valence-corrected chi connectivity index (χ2v) is 7.57. The first-order chi connectivity index (χ1) is 12.4. The van der Waals surface area contributed by atoms with Gasteiger partial charge in [-0.2, -0.15) is 0 Å². The van der Waals surface area contributed by atoms with Crippen LogP contribution in [-0.2, 0) is 11.3 Å². The van der Waals surface area contributed by atoms with Crippen LogP contribution in [0.15, 0.2) is 48.5 Å². The van der Waals surface area contributed by atoms with Gasteiger partial charge < -0.3 is 9.64 Å². The van der Waals surface area contributed by atoms with E-state index in [9.17, 15) is 0 Å². The molecule has 3 heteroatoms. The number of hydrogen-bond donors (Lipinski definition) is 0. The van der Waals surface area contributed by atoms with Gasteiger partial charge in [-0.15, -0.1) is 0 Å². The molecular formula is C22H26N2O. The first kappa shape index (κ1) is 15.4. The Kier molecular flexibility index (Phi) is 3.99. The van der Waals surface area contributed by atoms with Crippen molar-refractivity contribution in [2.75, 3.05) is 37.7 Å². The smallest absolute Gasteiger partial charge is 0.0642 e. The highest BCUT2D eigenvalue weighted by molar-refractivity contribution is 5.61. The van der Waals surface area contributed by atoms with Crippen molar-refractivity contribution < 1.29 is 4.74 Å². The molecule has 2 bridgehead atoms. The van der Waals surface area contributed by atoms with Crippen molar-refractivity contribution in [3.05, 3.63) is 65.2 Å². The minimum Gasteiger partial charge on any atom is -0.378 e. The molecule has 0 aromatic heterocycles. The maximum absolute atomic E-state index is 5.58. The average Bonchev–Trinajstić information content (AvgIpc) is 2.99. The molecule has 130 valence electrons. The molecule has 0 saturated carbocycles. The molecule has 2 saturated heterocycles. The van der Waals surface area contributed by atoms with Gasteiger partial charge in [-0.05, 0) is 48.1 Å². The number of ether oxygens (including phenoxy) is 1. The van der Waals surface area contributed by atoms with Crippen LogP contribution in [0, 0.1) is 0 Å². The lowest BCUT2D eigenvalue weighted by Gasteiger charge is -2.36. The van der Waals surface area contributed by atoms with E-state index in [0.29, 0.717) is 6.04 Å². The molecule has 2 aromatic rings. The lowest BCUT2D eigenvalue weighted by molar-refractivity contribution is 0.122. The van der Waals surface area contributed by atoms with E-state index < -0.39 is 0 Å². The summed E-state index contributed by atoms with van der Waals surface area (Å²) in [5, 5.41) is 0. The third-order valence-electron chi connectivity index (χ3n) is 6.18. The Hall–Kier alpha value is -1.84. The molecule has 2 aliphatic heterocycles. The summed E-state index contributed by atoms with van der Waals surface area (Å²) in [5.41, 5.74) is 6.12. The largest absolute Gasteiger partial charge is 0.378 e. The second-order valence-electron chi connectivity index (χ2n) is 7.57. The van der Waals surface area contributed by atoms with Gasteiger partial charge in [0.05, 0.1) is 13.2 Å². The van der Waals surface area contributed by atoms with Gasteiger partial charge >= 0.3 is 0 Å². The van der Waals surface area contributed by atoms with Gasteiger partial charge in [0.2, 0.25) is 0 Å². The summed E-state index contributed by atoms with van der Waals surface area (Å²) in [7, 11) is 0. The van der Waals surface area contributed by atoms with E-state index in [4.69, 9.17) is 4.74 Å². The van der Waals surface area contributed by atoms with E-state index in [-0.39, 0.29) is 0 Å². The molecular weight excluding hydrogens is 308 g/mol. The van der Waals surface area contributed by atoms with E-state index in [1.165, 1.54) is 30.6 Å². The Morgan fingerprint density at radius 2 is 1.76 bits per heavy atom.